The van der Waals surface area contributed by atoms with Crippen LogP contribution in [0.1, 0.15) is 18.1 Å². The normalized spacial score (nSPS) is 14.5. The molecule has 0 atom stereocenters. The minimum atomic E-state index is -1.09. The zero-order chi connectivity index (χ0) is 22.4. The number of carboxylic acid groups (broad SMARTS) is 1. The first-order valence-corrected chi connectivity index (χ1v) is 9.54. The molecule has 1 aliphatic heterocycles. The van der Waals surface area contributed by atoms with Crippen molar-refractivity contribution >= 4 is 35.6 Å². The number of rotatable bonds is 8. The van der Waals surface area contributed by atoms with E-state index in [4.69, 9.17) is 9.84 Å². The molecule has 9 heteroatoms. The van der Waals surface area contributed by atoms with Gasteiger partial charge in [-0.2, -0.15) is 0 Å². The van der Waals surface area contributed by atoms with Gasteiger partial charge >= 0.3 is 12.0 Å². The Bertz CT molecular complexity index is 1050. The van der Waals surface area contributed by atoms with Crippen LogP contribution in [0.2, 0.25) is 0 Å². The van der Waals surface area contributed by atoms with E-state index in [1.165, 1.54) is 6.08 Å². The van der Waals surface area contributed by atoms with Crippen LogP contribution in [-0.4, -0.2) is 47.0 Å². The molecule has 9 nitrogen and oxygen atoms in total. The molecular formula is C22H21N3O6. The van der Waals surface area contributed by atoms with E-state index >= 15 is 0 Å². The van der Waals surface area contributed by atoms with Gasteiger partial charge in [0.1, 0.15) is 18.0 Å². The molecule has 160 valence electrons. The second-order valence-corrected chi connectivity index (χ2v) is 6.69. The maximum absolute atomic E-state index is 12.6. The summed E-state index contributed by atoms with van der Waals surface area (Å²) >= 11 is 0. The van der Waals surface area contributed by atoms with Crippen molar-refractivity contribution in [1.29, 1.82) is 0 Å². The van der Waals surface area contributed by atoms with Crippen LogP contribution in [-0.2, 0) is 20.8 Å². The van der Waals surface area contributed by atoms with E-state index in [9.17, 15) is 19.2 Å². The second-order valence-electron chi connectivity index (χ2n) is 6.69. The van der Waals surface area contributed by atoms with Gasteiger partial charge in [-0.1, -0.05) is 37.3 Å². The van der Waals surface area contributed by atoms with E-state index in [1.807, 2.05) is 19.1 Å². The number of carbonyl (C=O) groups excluding carboxylic acids is 3. The van der Waals surface area contributed by atoms with Crippen LogP contribution in [0, 0.1) is 0 Å². The Balaban J connectivity index is 1.65. The molecule has 0 unspecified atom stereocenters. The predicted octanol–water partition coefficient (Wildman–Crippen LogP) is 2.24. The molecule has 3 rings (SSSR count). The van der Waals surface area contributed by atoms with Gasteiger partial charge in [-0.05, 0) is 41.8 Å². The Morgan fingerprint density at radius 2 is 1.84 bits per heavy atom. The lowest BCUT2D eigenvalue weighted by Gasteiger charge is -2.13. The number of anilines is 1. The van der Waals surface area contributed by atoms with Crippen molar-refractivity contribution in [3.63, 3.8) is 0 Å². The van der Waals surface area contributed by atoms with E-state index < -0.39 is 37.0 Å². The van der Waals surface area contributed by atoms with Crippen LogP contribution in [0.5, 0.6) is 5.75 Å². The number of carbonyl (C=O) groups is 4. The number of carboxylic acids is 1. The highest BCUT2D eigenvalue weighted by Gasteiger charge is 2.34. The molecule has 1 heterocycles. The second kappa shape index (κ2) is 9.57. The van der Waals surface area contributed by atoms with Gasteiger partial charge < -0.3 is 20.5 Å². The van der Waals surface area contributed by atoms with Crippen molar-refractivity contribution in [2.45, 2.75) is 13.3 Å². The maximum atomic E-state index is 12.6. The first-order chi connectivity index (χ1) is 14.9. The van der Waals surface area contributed by atoms with Crippen molar-refractivity contribution in [3.05, 3.63) is 65.4 Å². The van der Waals surface area contributed by atoms with Gasteiger partial charge in [-0.3, -0.25) is 9.59 Å². The summed E-state index contributed by atoms with van der Waals surface area (Å²) in [5, 5.41) is 13.8. The van der Waals surface area contributed by atoms with Crippen molar-refractivity contribution in [2.75, 3.05) is 18.5 Å². The lowest BCUT2D eigenvalue weighted by atomic mass is 10.1. The topological polar surface area (TPSA) is 125 Å². The number of hydrogen-bond acceptors (Lipinski definition) is 5. The summed E-state index contributed by atoms with van der Waals surface area (Å²) in [6, 6.07) is 13.0. The Kier molecular flexibility index (Phi) is 6.66. The fraction of sp³-hybridized carbons (Fsp3) is 0.182. The molecule has 1 fully saturated rings. The highest BCUT2D eigenvalue weighted by molar-refractivity contribution is 6.16. The first kappa shape index (κ1) is 21.6. The number of amides is 4. The predicted molar refractivity (Wildman–Crippen MR) is 112 cm³/mol. The smallest absolute Gasteiger partial charge is 0.341 e. The fourth-order valence-corrected chi connectivity index (χ4v) is 2.97. The molecule has 0 radical (unpaired) electrons. The minimum absolute atomic E-state index is 0.0333. The molecule has 31 heavy (non-hydrogen) atoms. The highest BCUT2D eigenvalue weighted by Crippen LogP contribution is 2.18. The summed E-state index contributed by atoms with van der Waals surface area (Å²) in [7, 11) is 0. The number of ether oxygens (including phenoxy) is 1. The number of urea groups is 1. The zero-order valence-electron chi connectivity index (χ0n) is 16.8. The number of benzene rings is 2. The van der Waals surface area contributed by atoms with Gasteiger partial charge in [0.25, 0.3) is 5.91 Å². The number of imide groups is 1. The molecule has 0 spiro atoms. The summed E-state index contributed by atoms with van der Waals surface area (Å²) in [6.07, 6.45) is 2.19. The van der Waals surface area contributed by atoms with E-state index in [0.29, 0.717) is 17.0 Å². The third-order valence-electron chi connectivity index (χ3n) is 4.49. The summed E-state index contributed by atoms with van der Waals surface area (Å²) in [5.74, 6) is -1.83. The Morgan fingerprint density at radius 1 is 1.13 bits per heavy atom. The van der Waals surface area contributed by atoms with Crippen LogP contribution in [0.15, 0.2) is 54.2 Å². The third kappa shape index (κ3) is 5.47. The molecular weight excluding hydrogens is 402 g/mol. The first-order valence-electron chi connectivity index (χ1n) is 9.54. The third-order valence-corrected chi connectivity index (χ3v) is 4.49. The number of hydrogen-bond donors (Lipinski definition) is 3. The number of para-hydroxylation sites is 1. The van der Waals surface area contributed by atoms with E-state index in [0.717, 1.165) is 16.9 Å². The minimum Gasteiger partial charge on any atom is -0.482 e. The highest BCUT2D eigenvalue weighted by atomic mass is 16.5. The monoisotopic (exact) mass is 423 g/mol. The van der Waals surface area contributed by atoms with Gasteiger partial charge in [-0.15, -0.1) is 0 Å². The van der Waals surface area contributed by atoms with Crippen LogP contribution in [0.4, 0.5) is 10.5 Å². The average Bonchev–Trinajstić information content (AvgIpc) is 3.01. The van der Waals surface area contributed by atoms with Crippen LogP contribution < -0.4 is 15.4 Å². The number of aryl methyl sites for hydroxylation is 1. The molecule has 4 amide bonds. The van der Waals surface area contributed by atoms with Crippen molar-refractivity contribution < 1.29 is 29.0 Å². The van der Waals surface area contributed by atoms with E-state index in [1.54, 1.807) is 36.4 Å². The molecule has 0 saturated carbocycles. The molecule has 0 bridgehead atoms. The molecule has 0 aromatic heterocycles. The largest absolute Gasteiger partial charge is 0.482 e. The zero-order valence-corrected chi connectivity index (χ0v) is 16.8. The molecule has 1 aliphatic rings. The van der Waals surface area contributed by atoms with Crippen LogP contribution in [0.3, 0.4) is 0 Å². The Morgan fingerprint density at radius 3 is 2.52 bits per heavy atom. The fourth-order valence-electron chi connectivity index (χ4n) is 2.97. The maximum Gasteiger partial charge on any atom is 0.341 e. The summed E-state index contributed by atoms with van der Waals surface area (Å²) in [4.78, 5) is 48.5. The molecule has 2 aromatic carbocycles. The lowest BCUT2D eigenvalue weighted by Crippen LogP contribution is -2.38. The Hall–Kier alpha value is -4.14. The molecule has 1 saturated heterocycles. The quantitative estimate of drug-likeness (QED) is 0.442. The summed E-state index contributed by atoms with van der Waals surface area (Å²) in [5.41, 5.74) is 2.22. The Labute approximate surface area is 178 Å². The number of nitrogens with one attached hydrogen (secondary N) is 2. The summed E-state index contributed by atoms with van der Waals surface area (Å²) < 4.78 is 5.05. The van der Waals surface area contributed by atoms with Crippen molar-refractivity contribution in [2.24, 2.45) is 0 Å². The van der Waals surface area contributed by atoms with Gasteiger partial charge in [-0.25, -0.2) is 14.5 Å². The SMILES string of the molecule is CCc1ccccc1NC(=O)CN1C(=O)N/C(=C/c2ccc(OCC(=O)O)cc2)C1=O. The van der Waals surface area contributed by atoms with E-state index in [-0.39, 0.29) is 5.70 Å². The van der Waals surface area contributed by atoms with Gasteiger partial charge in [0.15, 0.2) is 6.61 Å². The molecule has 3 N–H and O–H groups in total. The van der Waals surface area contributed by atoms with E-state index in [2.05, 4.69) is 10.6 Å². The van der Waals surface area contributed by atoms with Crippen LogP contribution >= 0.6 is 0 Å². The number of aliphatic carboxylic acids is 1. The lowest BCUT2D eigenvalue weighted by molar-refractivity contribution is -0.139. The molecule has 2 aromatic rings. The number of nitrogens with zero attached hydrogens (tertiary/aromatic N) is 1. The van der Waals surface area contributed by atoms with Crippen molar-refractivity contribution in [3.8, 4) is 5.75 Å². The van der Waals surface area contributed by atoms with Gasteiger partial charge in [0.2, 0.25) is 5.91 Å². The standard InChI is InChI=1S/C22H21N3O6/c1-2-15-5-3-4-6-17(15)23-19(26)12-25-21(29)18(24-22(25)30)11-14-7-9-16(10-8-14)31-13-20(27)28/h3-11H,2,12-13H2,1H3,(H,23,26)(H,24,30)(H,27,28)/b18-11+. The van der Waals surface area contributed by atoms with Gasteiger partial charge in [0.05, 0.1) is 0 Å². The van der Waals surface area contributed by atoms with Crippen molar-refractivity contribution in [1.82, 2.24) is 10.2 Å². The van der Waals surface area contributed by atoms with Gasteiger partial charge in [0, 0.05) is 5.69 Å². The average molecular weight is 423 g/mol. The summed E-state index contributed by atoms with van der Waals surface area (Å²) in [6.45, 7) is 1.08. The van der Waals surface area contributed by atoms with Crippen LogP contribution in [0.25, 0.3) is 6.08 Å². The molecule has 0 aliphatic carbocycles.